The third-order valence-corrected chi connectivity index (χ3v) is 7.17. The molecule has 0 saturated carbocycles. The van der Waals surface area contributed by atoms with E-state index in [4.69, 9.17) is 0 Å². The fourth-order valence-electron chi connectivity index (χ4n) is 4.57. The molecule has 2 saturated heterocycles. The van der Waals surface area contributed by atoms with Crippen LogP contribution in [0.3, 0.4) is 0 Å². The van der Waals surface area contributed by atoms with Crippen LogP contribution in [0.15, 0.2) is 42.2 Å². The molecule has 4 heterocycles. The number of nitrogens with zero attached hydrogens (tertiary/aromatic N) is 5. The second-order valence-electron chi connectivity index (χ2n) is 8.00. The van der Waals surface area contributed by atoms with Crippen molar-refractivity contribution in [3.05, 3.63) is 47.7 Å². The number of aromatic nitrogens is 3. The summed E-state index contributed by atoms with van der Waals surface area (Å²) in [4.78, 5) is 29.9. The van der Waals surface area contributed by atoms with E-state index in [0.29, 0.717) is 18.4 Å². The Labute approximate surface area is 168 Å². The first kappa shape index (κ1) is 17.7. The summed E-state index contributed by atoms with van der Waals surface area (Å²) in [5.41, 5.74) is 4.37. The average Bonchev–Trinajstić information content (AvgIpc) is 3.32. The van der Waals surface area contributed by atoms with Gasteiger partial charge in [-0.05, 0) is 62.0 Å². The van der Waals surface area contributed by atoms with Crippen LogP contribution in [0.2, 0.25) is 0 Å². The van der Waals surface area contributed by atoms with Gasteiger partial charge < -0.3 is 0 Å². The van der Waals surface area contributed by atoms with Crippen molar-refractivity contribution in [3.8, 4) is 0 Å². The largest absolute Gasteiger partial charge is 0.297 e. The van der Waals surface area contributed by atoms with Crippen LogP contribution in [-0.4, -0.2) is 45.4 Å². The minimum atomic E-state index is 0.0609. The molecule has 144 valence electrons. The predicted octanol–water partition coefficient (Wildman–Crippen LogP) is 3.67. The number of benzene rings is 1. The van der Waals surface area contributed by atoms with Gasteiger partial charge in [0.05, 0.1) is 15.7 Å². The van der Waals surface area contributed by atoms with Gasteiger partial charge in [0.2, 0.25) is 11.9 Å². The topological polar surface area (TPSA) is 62.2 Å². The van der Waals surface area contributed by atoms with Gasteiger partial charge >= 0.3 is 0 Å². The summed E-state index contributed by atoms with van der Waals surface area (Å²) >= 11 is 1.68. The Kier molecular flexibility index (Phi) is 4.36. The second kappa shape index (κ2) is 6.90. The number of fused-ring (bicyclic) bond motifs is 1. The molecule has 1 spiro atoms. The molecule has 0 bridgehead atoms. The summed E-state index contributed by atoms with van der Waals surface area (Å²) in [5.74, 6) is 0.693. The van der Waals surface area contributed by atoms with Gasteiger partial charge in [0.25, 0.3) is 0 Å². The first-order chi connectivity index (χ1) is 13.6. The van der Waals surface area contributed by atoms with E-state index in [1.54, 1.807) is 34.7 Å². The number of likely N-dealkylation sites (tertiary alicyclic amines) is 1. The highest BCUT2D eigenvalue weighted by Gasteiger charge is 2.46. The summed E-state index contributed by atoms with van der Waals surface area (Å²) in [6.07, 6.45) is 6.07. The smallest absolute Gasteiger partial charge is 0.232 e. The Morgan fingerprint density at radius 2 is 1.93 bits per heavy atom. The van der Waals surface area contributed by atoms with E-state index in [-0.39, 0.29) is 11.3 Å². The van der Waals surface area contributed by atoms with Crippen LogP contribution in [0, 0.1) is 5.41 Å². The summed E-state index contributed by atoms with van der Waals surface area (Å²) in [5, 5.41) is 0. The molecule has 0 aliphatic carbocycles. The first-order valence-corrected chi connectivity index (χ1v) is 10.7. The highest BCUT2D eigenvalue weighted by atomic mass is 32.1. The first-order valence-electron chi connectivity index (χ1n) is 9.78. The zero-order valence-corrected chi connectivity index (χ0v) is 16.7. The van der Waals surface area contributed by atoms with Gasteiger partial charge in [0, 0.05) is 31.4 Å². The molecule has 2 aromatic heterocycles. The Morgan fingerprint density at radius 1 is 1.14 bits per heavy atom. The van der Waals surface area contributed by atoms with Crippen molar-refractivity contribution in [2.75, 3.05) is 24.5 Å². The second-order valence-corrected chi connectivity index (χ2v) is 8.88. The molecular formula is C21H23N5OS. The molecule has 28 heavy (non-hydrogen) atoms. The highest BCUT2D eigenvalue weighted by Crippen LogP contribution is 2.43. The van der Waals surface area contributed by atoms with Gasteiger partial charge in [0.1, 0.15) is 0 Å². The number of anilines is 1. The minimum absolute atomic E-state index is 0.0609. The Morgan fingerprint density at radius 3 is 2.71 bits per heavy atom. The van der Waals surface area contributed by atoms with Crippen LogP contribution in [-0.2, 0) is 4.79 Å². The van der Waals surface area contributed by atoms with E-state index in [9.17, 15) is 4.79 Å². The molecule has 2 aliphatic rings. The molecule has 2 fully saturated rings. The number of carbonyl (C=O) groups is 1. The van der Waals surface area contributed by atoms with E-state index >= 15 is 0 Å². The van der Waals surface area contributed by atoms with E-state index in [1.165, 1.54) is 10.3 Å². The lowest BCUT2D eigenvalue weighted by Gasteiger charge is -2.41. The lowest BCUT2D eigenvalue weighted by molar-refractivity contribution is -0.118. The van der Waals surface area contributed by atoms with E-state index in [2.05, 4.69) is 45.0 Å². The zero-order chi connectivity index (χ0) is 19.1. The SMILES string of the molecule is CC(c1ccc2scnc2c1)N1CCC2(CC1)CC(=O)N(c1ncccn1)C2. The quantitative estimate of drug-likeness (QED) is 0.679. The van der Waals surface area contributed by atoms with Crippen molar-refractivity contribution in [1.82, 2.24) is 19.9 Å². The van der Waals surface area contributed by atoms with Crippen molar-refractivity contribution in [2.24, 2.45) is 5.41 Å². The number of thiazole rings is 1. The number of rotatable bonds is 3. The molecule has 7 heteroatoms. The van der Waals surface area contributed by atoms with E-state index in [1.807, 2.05) is 5.51 Å². The summed E-state index contributed by atoms with van der Waals surface area (Å²) in [6, 6.07) is 8.76. The van der Waals surface area contributed by atoms with Crippen LogP contribution in [0.4, 0.5) is 5.95 Å². The van der Waals surface area contributed by atoms with Crippen LogP contribution >= 0.6 is 11.3 Å². The van der Waals surface area contributed by atoms with Crippen molar-refractivity contribution >= 4 is 33.4 Å². The fourth-order valence-corrected chi connectivity index (χ4v) is 5.23. The fraction of sp³-hybridized carbons (Fsp3) is 0.429. The van der Waals surface area contributed by atoms with Crippen LogP contribution in [0.25, 0.3) is 10.2 Å². The van der Waals surface area contributed by atoms with Crippen molar-refractivity contribution in [2.45, 2.75) is 32.2 Å². The lowest BCUT2D eigenvalue weighted by Crippen LogP contribution is -2.42. The molecule has 6 nitrogen and oxygen atoms in total. The number of piperidine rings is 1. The standard InChI is InChI=1S/C21H23N5OS/c1-15(16-3-4-18-17(11-16)24-14-28-18)25-9-5-21(6-10-25)12-19(27)26(13-21)20-22-7-2-8-23-20/h2-4,7-8,11,14-15H,5-6,9-10,12-13H2,1H3. The summed E-state index contributed by atoms with van der Waals surface area (Å²) in [7, 11) is 0. The normalized spacial score (nSPS) is 20.9. The molecule has 1 aromatic carbocycles. The van der Waals surface area contributed by atoms with Gasteiger partial charge in [-0.25, -0.2) is 15.0 Å². The van der Waals surface area contributed by atoms with Crippen LogP contribution in [0.1, 0.15) is 37.8 Å². The molecule has 2 aliphatic heterocycles. The lowest BCUT2D eigenvalue weighted by atomic mass is 9.77. The molecule has 1 amide bonds. The van der Waals surface area contributed by atoms with E-state index in [0.717, 1.165) is 38.0 Å². The number of amides is 1. The summed E-state index contributed by atoms with van der Waals surface area (Å²) in [6.45, 7) is 5.03. The van der Waals surface area contributed by atoms with Crippen molar-refractivity contribution in [3.63, 3.8) is 0 Å². The predicted molar refractivity (Wildman–Crippen MR) is 110 cm³/mol. The molecule has 3 aromatic rings. The Bertz CT molecular complexity index is 996. The molecule has 1 atom stereocenters. The maximum atomic E-state index is 12.6. The molecular weight excluding hydrogens is 370 g/mol. The molecule has 1 unspecified atom stereocenters. The van der Waals surface area contributed by atoms with Gasteiger partial charge in [0.15, 0.2) is 0 Å². The van der Waals surface area contributed by atoms with Gasteiger partial charge in [-0.15, -0.1) is 11.3 Å². The number of carbonyl (C=O) groups excluding carboxylic acids is 1. The Balaban J connectivity index is 1.27. The van der Waals surface area contributed by atoms with Gasteiger partial charge in [-0.1, -0.05) is 6.07 Å². The number of hydrogen-bond acceptors (Lipinski definition) is 6. The third-order valence-electron chi connectivity index (χ3n) is 6.36. The summed E-state index contributed by atoms with van der Waals surface area (Å²) < 4.78 is 1.24. The molecule has 0 N–H and O–H groups in total. The molecule has 0 radical (unpaired) electrons. The van der Waals surface area contributed by atoms with Crippen LogP contribution in [0.5, 0.6) is 0 Å². The van der Waals surface area contributed by atoms with Crippen molar-refractivity contribution < 1.29 is 4.79 Å². The Hall–Kier alpha value is -2.38. The van der Waals surface area contributed by atoms with Crippen LogP contribution < -0.4 is 4.90 Å². The average molecular weight is 394 g/mol. The van der Waals surface area contributed by atoms with Crippen molar-refractivity contribution in [1.29, 1.82) is 0 Å². The number of hydrogen-bond donors (Lipinski definition) is 0. The zero-order valence-electron chi connectivity index (χ0n) is 15.9. The minimum Gasteiger partial charge on any atom is -0.297 e. The molecule has 5 rings (SSSR count). The van der Waals surface area contributed by atoms with E-state index < -0.39 is 0 Å². The maximum absolute atomic E-state index is 12.6. The van der Waals surface area contributed by atoms with Gasteiger partial charge in [-0.2, -0.15) is 0 Å². The monoisotopic (exact) mass is 393 g/mol. The maximum Gasteiger partial charge on any atom is 0.232 e. The van der Waals surface area contributed by atoms with Gasteiger partial charge in [-0.3, -0.25) is 14.6 Å². The highest BCUT2D eigenvalue weighted by molar-refractivity contribution is 7.16. The third kappa shape index (κ3) is 3.08.